The Bertz CT molecular complexity index is 1300. The SMILES string of the molecule is COc1cc2oc3c(-c4cc(C)ccn4)cccc3c2cc1-c1ccccc1. The molecule has 0 unspecified atom stereocenters. The molecule has 0 aliphatic carbocycles. The van der Waals surface area contributed by atoms with Crippen LogP contribution in [0.1, 0.15) is 5.56 Å². The molecule has 2 aromatic heterocycles. The van der Waals surface area contributed by atoms with Gasteiger partial charge in [-0.25, -0.2) is 0 Å². The van der Waals surface area contributed by atoms with Crippen molar-refractivity contribution < 1.29 is 9.15 Å². The molecule has 0 bridgehead atoms. The number of hydrogen-bond acceptors (Lipinski definition) is 3. The van der Waals surface area contributed by atoms with E-state index in [1.54, 1.807) is 7.11 Å². The second-order valence-electron chi connectivity index (χ2n) is 6.92. The molecule has 0 N–H and O–H groups in total. The molecule has 0 radical (unpaired) electrons. The van der Waals surface area contributed by atoms with Gasteiger partial charge in [-0.15, -0.1) is 0 Å². The molecule has 0 amide bonds. The number of methoxy groups -OCH3 is 1. The van der Waals surface area contributed by atoms with Gasteiger partial charge >= 0.3 is 0 Å². The molecule has 28 heavy (non-hydrogen) atoms. The number of rotatable bonds is 3. The summed E-state index contributed by atoms with van der Waals surface area (Å²) in [5.41, 5.74) is 6.92. The van der Waals surface area contributed by atoms with E-state index in [-0.39, 0.29) is 0 Å². The van der Waals surface area contributed by atoms with Crippen LogP contribution in [0.15, 0.2) is 83.4 Å². The molecule has 0 atom stereocenters. The quantitative estimate of drug-likeness (QED) is 0.360. The number of hydrogen-bond donors (Lipinski definition) is 0. The van der Waals surface area contributed by atoms with E-state index in [1.165, 1.54) is 5.56 Å². The van der Waals surface area contributed by atoms with Gasteiger partial charge < -0.3 is 9.15 Å². The first-order chi connectivity index (χ1) is 13.7. The summed E-state index contributed by atoms with van der Waals surface area (Å²) in [6, 6.07) is 24.7. The van der Waals surface area contributed by atoms with E-state index in [4.69, 9.17) is 9.15 Å². The lowest BCUT2D eigenvalue weighted by Crippen LogP contribution is -1.87. The normalized spacial score (nSPS) is 11.2. The molecule has 5 aromatic rings. The van der Waals surface area contributed by atoms with Crippen LogP contribution >= 0.6 is 0 Å². The van der Waals surface area contributed by atoms with Gasteiger partial charge in [0.25, 0.3) is 0 Å². The highest BCUT2D eigenvalue weighted by Gasteiger charge is 2.16. The summed E-state index contributed by atoms with van der Waals surface area (Å²) in [7, 11) is 1.69. The van der Waals surface area contributed by atoms with Gasteiger partial charge in [-0.3, -0.25) is 4.98 Å². The van der Waals surface area contributed by atoms with E-state index in [0.29, 0.717) is 0 Å². The molecule has 0 aliphatic rings. The molecule has 0 aliphatic heterocycles. The Hall–Kier alpha value is -3.59. The minimum absolute atomic E-state index is 0.799. The lowest BCUT2D eigenvalue weighted by Gasteiger charge is -2.08. The van der Waals surface area contributed by atoms with Crippen molar-refractivity contribution in [3.8, 4) is 28.1 Å². The van der Waals surface area contributed by atoms with Crippen LogP contribution < -0.4 is 4.74 Å². The fourth-order valence-electron chi connectivity index (χ4n) is 3.72. The minimum atomic E-state index is 0.799. The molecule has 2 heterocycles. The molecule has 0 saturated heterocycles. The maximum atomic E-state index is 6.29. The largest absolute Gasteiger partial charge is 0.496 e. The van der Waals surface area contributed by atoms with Gasteiger partial charge in [0.15, 0.2) is 0 Å². The molecule has 0 saturated carbocycles. The first-order valence-corrected chi connectivity index (χ1v) is 9.26. The Morgan fingerprint density at radius 1 is 0.821 bits per heavy atom. The van der Waals surface area contributed by atoms with Gasteiger partial charge in [0.05, 0.1) is 12.8 Å². The standard InChI is InChI=1S/C25H19NO2/c1-16-11-12-26-22(13-16)19-10-6-9-18-21-14-20(17-7-4-3-5-8-17)23(27-2)15-24(21)28-25(18)19/h3-15H,1-2H3. The summed E-state index contributed by atoms with van der Waals surface area (Å²) in [4.78, 5) is 4.54. The Labute approximate surface area is 163 Å². The van der Waals surface area contributed by atoms with Crippen LogP contribution in [0.3, 0.4) is 0 Å². The smallest absolute Gasteiger partial charge is 0.144 e. The number of aryl methyl sites for hydroxylation is 1. The van der Waals surface area contributed by atoms with Gasteiger partial charge in [-0.05, 0) is 42.3 Å². The number of fused-ring (bicyclic) bond motifs is 3. The molecule has 0 spiro atoms. The minimum Gasteiger partial charge on any atom is -0.496 e. The predicted molar refractivity (Wildman–Crippen MR) is 114 cm³/mol. The van der Waals surface area contributed by atoms with E-state index < -0.39 is 0 Å². The van der Waals surface area contributed by atoms with Crippen molar-refractivity contribution in [2.45, 2.75) is 6.92 Å². The maximum Gasteiger partial charge on any atom is 0.144 e. The van der Waals surface area contributed by atoms with Crippen LogP contribution in [0.4, 0.5) is 0 Å². The zero-order valence-electron chi connectivity index (χ0n) is 15.8. The third-order valence-electron chi connectivity index (χ3n) is 5.10. The van der Waals surface area contributed by atoms with E-state index in [0.717, 1.165) is 50.1 Å². The van der Waals surface area contributed by atoms with Gasteiger partial charge in [0, 0.05) is 34.2 Å². The molecule has 3 aromatic carbocycles. The van der Waals surface area contributed by atoms with Crippen molar-refractivity contribution in [1.29, 1.82) is 0 Å². The van der Waals surface area contributed by atoms with E-state index in [1.807, 2.05) is 36.5 Å². The number of furan rings is 1. The summed E-state index contributed by atoms with van der Waals surface area (Å²) in [5, 5.41) is 2.15. The zero-order chi connectivity index (χ0) is 19.1. The highest BCUT2D eigenvalue weighted by molar-refractivity contribution is 6.11. The zero-order valence-corrected chi connectivity index (χ0v) is 15.8. The maximum absolute atomic E-state index is 6.29. The second kappa shape index (κ2) is 6.54. The topological polar surface area (TPSA) is 35.3 Å². The Kier molecular flexibility index (Phi) is 3.87. The first-order valence-electron chi connectivity index (χ1n) is 9.26. The first kappa shape index (κ1) is 16.6. The van der Waals surface area contributed by atoms with Crippen molar-refractivity contribution in [3.05, 3.63) is 84.6 Å². The fourth-order valence-corrected chi connectivity index (χ4v) is 3.72. The summed E-state index contributed by atoms with van der Waals surface area (Å²) in [6.07, 6.45) is 1.84. The van der Waals surface area contributed by atoms with E-state index >= 15 is 0 Å². The average Bonchev–Trinajstić information content (AvgIpc) is 3.11. The van der Waals surface area contributed by atoms with Gasteiger partial charge in [-0.1, -0.05) is 42.5 Å². The third kappa shape index (κ3) is 2.64. The van der Waals surface area contributed by atoms with E-state index in [2.05, 4.69) is 54.4 Å². The summed E-state index contributed by atoms with van der Waals surface area (Å²) < 4.78 is 12.0. The van der Waals surface area contributed by atoms with Crippen LogP contribution in [-0.2, 0) is 0 Å². The van der Waals surface area contributed by atoms with Gasteiger partial charge in [0.2, 0.25) is 0 Å². The number of nitrogens with zero attached hydrogens (tertiary/aromatic N) is 1. The molecule has 136 valence electrons. The Morgan fingerprint density at radius 2 is 1.68 bits per heavy atom. The van der Waals surface area contributed by atoms with Crippen LogP contribution in [-0.4, -0.2) is 12.1 Å². The molecule has 3 heteroatoms. The van der Waals surface area contributed by atoms with Crippen molar-refractivity contribution in [2.75, 3.05) is 7.11 Å². The number of ether oxygens (including phenoxy) is 1. The van der Waals surface area contributed by atoms with Crippen LogP contribution in [0, 0.1) is 6.92 Å². The second-order valence-corrected chi connectivity index (χ2v) is 6.92. The average molecular weight is 365 g/mol. The van der Waals surface area contributed by atoms with Crippen molar-refractivity contribution in [2.24, 2.45) is 0 Å². The van der Waals surface area contributed by atoms with Crippen molar-refractivity contribution >= 4 is 21.9 Å². The summed E-state index contributed by atoms with van der Waals surface area (Å²) in [6.45, 7) is 2.07. The monoisotopic (exact) mass is 365 g/mol. The van der Waals surface area contributed by atoms with Crippen LogP contribution in [0.25, 0.3) is 44.3 Å². The van der Waals surface area contributed by atoms with Crippen LogP contribution in [0.2, 0.25) is 0 Å². The Morgan fingerprint density at radius 3 is 2.46 bits per heavy atom. The highest BCUT2D eigenvalue weighted by atomic mass is 16.5. The van der Waals surface area contributed by atoms with Crippen molar-refractivity contribution in [3.63, 3.8) is 0 Å². The molecular weight excluding hydrogens is 346 g/mol. The van der Waals surface area contributed by atoms with Gasteiger partial charge in [-0.2, -0.15) is 0 Å². The molecule has 0 fully saturated rings. The number of aromatic nitrogens is 1. The lowest BCUT2D eigenvalue weighted by atomic mass is 10.0. The number of benzene rings is 3. The summed E-state index contributed by atoms with van der Waals surface area (Å²) >= 11 is 0. The third-order valence-corrected chi connectivity index (χ3v) is 5.10. The predicted octanol–water partition coefficient (Wildman–Crippen LogP) is 6.63. The molecule has 5 rings (SSSR count). The molecular formula is C25H19NO2. The fraction of sp³-hybridized carbons (Fsp3) is 0.0800. The Balaban J connectivity index is 1.80. The number of pyridine rings is 1. The van der Waals surface area contributed by atoms with Gasteiger partial charge in [0.1, 0.15) is 16.9 Å². The number of para-hydroxylation sites is 1. The van der Waals surface area contributed by atoms with Crippen molar-refractivity contribution in [1.82, 2.24) is 4.98 Å². The lowest BCUT2D eigenvalue weighted by molar-refractivity contribution is 0.416. The summed E-state index contributed by atoms with van der Waals surface area (Å²) in [5.74, 6) is 0.799. The van der Waals surface area contributed by atoms with Crippen LogP contribution in [0.5, 0.6) is 5.75 Å². The molecule has 3 nitrogen and oxygen atoms in total. The highest BCUT2D eigenvalue weighted by Crippen LogP contribution is 2.40. The van der Waals surface area contributed by atoms with E-state index in [9.17, 15) is 0 Å².